The SMILES string of the molecule is Cc1cccc2[nH]c(CN(C)S(=O)(=O)N(C)C)nc12. The second-order valence-electron chi connectivity index (χ2n) is 4.70. The van der Waals surface area contributed by atoms with Crippen molar-refractivity contribution in [2.24, 2.45) is 0 Å². The van der Waals surface area contributed by atoms with Crippen LogP contribution in [0.15, 0.2) is 18.2 Å². The van der Waals surface area contributed by atoms with Gasteiger partial charge in [-0.25, -0.2) is 4.98 Å². The van der Waals surface area contributed by atoms with Gasteiger partial charge in [0, 0.05) is 21.1 Å². The molecule has 1 heterocycles. The molecule has 0 amide bonds. The van der Waals surface area contributed by atoms with Gasteiger partial charge >= 0.3 is 0 Å². The third-order valence-corrected chi connectivity index (χ3v) is 4.83. The number of hydrogen-bond donors (Lipinski definition) is 1. The van der Waals surface area contributed by atoms with Crippen molar-refractivity contribution in [2.75, 3.05) is 21.1 Å². The monoisotopic (exact) mass is 282 g/mol. The molecule has 2 rings (SSSR count). The number of nitrogens with zero attached hydrogens (tertiary/aromatic N) is 3. The fourth-order valence-electron chi connectivity index (χ4n) is 1.87. The van der Waals surface area contributed by atoms with Crippen LogP contribution >= 0.6 is 0 Å². The van der Waals surface area contributed by atoms with Crippen molar-refractivity contribution < 1.29 is 8.42 Å². The van der Waals surface area contributed by atoms with Crippen molar-refractivity contribution in [3.05, 3.63) is 29.6 Å². The molecule has 0 radical (unpaired) electrons. The van der Waals surface area contributed by atoms with E-state index in [-0.39, 0.29) is 6.54 Å². The lowest BCUT2D eigenvalue weighted by molar-refractivity contribution is 0.409. The fourth-order valence-corrected chi connectivity index (χ4v) is 2.72. The van der Waals surface area contributed by atoms with Crippen LogP contribution in [0.3, 0.4) is 0 Å². The Kier molecular flexibility index (Phi) is 3.62. The van der Waals surface area contributed by atoms with Crippen molar-refractivity contribution in [3.63, 3.8) is 0 Å². The van der Waals surface area contributed by atoms with Gasteiger partial charge in [-0.1, -0.05) is 12.1 Å². The molecule has 0 unspecified atom stereocenters. The minimum atomic E-state index is -3.42. The molecule has 0 saturated carbocycles. The molecule has 7 heteroatoms. The van der Waals surface area contributed by atoms with Crippen LogP contribution < -0.4 is 0 Å². The molecule has 1 N–H and O–H groups in total. The highest BCUT2D eigenvalue weighted by molar-refractivity contribution is 7.86. The minimum Gasteiger partial charge on any atom is -0.341 e. The second kappa shape index (κ2) is 4.92. The van der Waals surface area contributed by atoms with Gasteiger partial charge in [-0.05, 0) is 18.6 Å². The Morgan fingerprint density at radius 1 is 1.26 bits per heavy atom. The summed E-state index contributed by atoms with van der Waals surface area (Å²) in [5.41, 5.74) is 2.87. The molecule has 0 aliphatic carbocycles. The van der Waals surface area contributed by atoms with E-state index in [0.717, 1.165) is 16.6 Å². The molecule has 0 aliphatic heterocycles. The van der Waals surface area contributed by atoms with Gasteiger partial charge in [-0.3, -0.25) is 0 Å². The average Bonchev–Trinajstić information content (AvgIpc) is 2.72. The van der Waals surface area contributed by atoms with E-state index in [1.54, 1.807) is 0 Å². The zero-order valence-corrected chi connectivity index (χ0v) is 12.3. The molecule has 0 atom stereocenters. The van der Waals surface area contributed by atoms with Gasteiger partial charge in [0.1, 0.15) is 5.82 Å². The van der Waals surface area contributed by atoms with E-state index in [2.05, 4.69) is 9.97 Å². The summed E-state index contributed by atoms with van der Waals surface area (Å²) in [5.74, 6) is 0.636. The maximum absolute atomic E-state index is 11.9. The zero-order chi connectivity index (χ0) is 14.2. The average molecular weight is 282 g/mol. The molecule has 0 saturated heterocycles. The molecule has 0 spiro atoms. The lowest BCUT2D eigenvalue weighted by atomic mass is 10.2. The van der Waals surface area contributed by atoms with E-state index in [1.807, 2.05) is 25.1 Å². The molecule has 19 heavy (non-hydrogen) atoms. The number of aryl methyl sites for hydroxylation is 1. The molecule has 104 valence electrons. The number of rotatable bonds is 4. The van der Waals surface area contributed by atoms with Gasteiger partial charge in [0.05, 0.1) is 17.6 Å². The van der Waals surface area contributed by atoms with Crippen molar-refractivity contribution in [1.82, 2.24) is 18.6 Å². The fraction of sp³-hybridized carbons (Fsp3) is 0.417. The summed E-state index contributed by atoms with van der Waals surface area (Å²) >= 11 is 0. The molecule has 1 aromatic carbocycles. The van der Waals surface area contributed by atoms with Crippen molar-refractivity contribution in [1.29, 1.82) is 0 Å². The highest BCUT2D eigenvalue weighted by Crippen LogP contribution is 2.16. The molecular weight excluding hydrogens is 264 g/mol. The molecule has 0 bridgehead atoms. The lowest BCUT2D eigenvalue weighted by Gasteiger charge is -2.20. The number of aromatic nitrogens is 2. The first-order valence-corrected chi connectivity index (χ1v) is 7.30. The summed E-state index contributed by atoms with van der Waals surface area (Å²) in [5, 5.41) is 0. The Morgan fingerprint density at radius 2 is 1.95 bits per heavy atom. The number of nitrogens with one attached hydrogen (secondary N) is 1. The summed E-state index contributed by atoms with van der Waals surface area (Å²) in [7, 11) is 1.14. The maximum Gasteiger partial charge on any atom is 0.281 e. The second-order valence-corrected chi connectivity index (χ2v) is 6.95. The molecular formula is C12H18N4O2S. The van der Waals surface area contributed by atoms with Crippen molar-refractivity contribution in [2.45, 2.75) is 13.5 Å². The van der Waals surface area contributed by atoms with Crippen LogP contribution in [0.2, 0.25) is 0 Å². The van der Waals surface area contributed by atoms with Gasteiger partial charge in [0.15, 0.2) is 0 Å². The first-order valence-electron chi connectivity index (χ1n) is 5.90. The summed E-state index contributed by atoms with van der Waals surface area (Å²) in [6.07, 6.45) is 0. The lowest BCUT2D eigenvalue weighted by Crippen LogP contribution is -2.37. The number of benzene rings is 1. The van der Waals surface area contributed by atoms with E-state index >= 15 is 0 Å². The largest absolute Gasteiger partial charge is 0.341 e. The van der Waals surface area contributed by atoms with Crippen molar-refractivity contribution >= 4 is 21.2 Å². The predicted octanol–water partition coefficient (Wildman–Crippen LogP) is 1.11. The number of para-hydroxylation sites is 1. The van der Waals surface area contributed by atoms with E-state index in [4.69, 9.17) is 0 Å². The first kappa shape index (κ1) is 14.0. The van der Waals surface area contributed by atoms with E-state index in [9.17, 15) is 8.42 Å². The molecule has 2 aromatic rings. The van der Waals surface area contributed by atoms with Crippen LogP contribution in [0.25, 0.3) is 11.0 Å². The van der Waals surface area contributed by atoms with Crippen LogP contribution in [0.4, 0.5) is 0 Å². The van der Waals surface area contributed by atoms with Crippen LogP contribution in [0.1, 0.15) is 11.4 Å². The number of imidazole rings is 1. The third-order valence-electron chi connectivity index (χ3n) is 2.99. The van der Waals surface area contributed by atoms with Crippen LogP contribution in [-0.4, -0.2) is 48.1 Å². The molecule has 1 aromatic heterocycles. The highest BCUT2D eigenvalue weighted by Gasteiger charge is 2.21. The minimum absolute atomic E-state index is 0.217. The van der Waals surface area contributed by atoms with E-state index in [0.29, 0.717) is 5.82 Å². The van der Waals surface area contributed by atoms with Crippen LogP contribution in [-0.2, 0) is 16.8 Å². The topological polar surface area (TPSA) is 69.3 Å². The summed E-state index contributed by atoms with van der Waals surface area (Å²) < 4.78 is 26.3. The zero-order valence-electron chi connectivity index (χ0n) is 11.5. The van der Waals surface area contributed by atoms with Gasteiger partial charge in [-0.15, -0.1) is 0 Å². The molecule has 0 aliphatic rings. The standard InChI is InChI=1S/C12H18N4O2S/c1-9-6-5-7-10-12(9)14-11(13-10)8-16(4)19(17,18)15(2)3/h5-7H,8H2,1-4H3,(H,13,14). The summed E-state index contributed by atoms with van der Waals surface area (Å²) in [6.45, 7) is 2.20. The Balaban J connectivity index is 2.30. The quantitative estimate of drug-likeness (QED) is 0.913. The Labute approximate surface area is 113 Å². The van der Waals surface area contributed by atoms with E-state index in [1.165, 1.54) is 29.8 Å². The number of aromatic amines is 1. The highest BCUT2D eigenvalue weighted by atomic mass is 32.2. The molecule has 6 nitrogen and oxygen atoms in total. The van der Waals surface area contributed by atoms with Gasteiger partial charge in [0.2, 0.25) is 0 Å². The Hall–Kier alpha value is -1.44. The normalized spacial score (nSPS) is 12.7. The Bertz CT molecular complexity index is 691. The maximum atomic E-state index is 11.9. The third kappa shape index (κ3) is 2.63. The first-order chi connectivity index (χ1) is 8.82. The summed E-state index contributed by atoms with van der Waals surface area (Å²) in [6, 6.07) is 5.85. The predicted molar refractivity (Wildman–Crippen MR) is 74.9 cm³/mol. The number of fused-ring (bicyclic) bond motifs is 1. The number of H-pyrrole nitrogens is 1. The molecule has 0 fully saturated rings. The van der Waals surface area contributed by atoms with Gasteiger partial charge < -0.3 is 4.98 Å². The van der Waals surface area contributed by atoms with Crippen LogP contribution in [0, 0.1) is 6.92 Å². The van der Waals surface area contributed by atoms with E-state index < -0.39 is 10.2 Å². The van der Waals surface area contributed by atoms with Gasteiger partial charge in [0.25, 0.3) is 10.2 Å². The summed E-state index contributed by atoms with van der Waals surface area (Å²) in [4.78, 5) is 7.59. The van der Waals surface area contributed by atoms with Crippen molar-refractivity contribution in [3.8, 4) is 0 Å². The van der Waals surface area contributed by atoms with Gasteiger partial charge in [-0.2, -0.15) is 17.0 Å². The smallest absolute Gasteiger partial charge is 0.281 e. The number of hydrogen-bond acceptors (Lipinski definition) is 3. The van der Waals surface area contributed by atoms with Crippen LogP contribution in [0.5, 0.6) is 0 Å². The Morgan fingerprint density at radius 3 is 2.53 bits per heavy atom.